The quantitative estimate of drug-likeness (QED) is 0.844. The van der Waals surface area contributed by atoms with E-state index in [2.05, 4.69) is 53.2 Å². The Labute approximate surface area is 110 Å². The van der Waals surface area contributed by atoms with Crippen LogP contribution in [0.25, 0.3) is 0 Å². The Bertz CT molecular complexity index is 306. The van der Waals surface area contributed by atoms with Crippen molar-refractivity contribution < 1.29 is 0 Å². The highest BCUT2D eigenvalue weighted by Gasteiger charge is 2.12. The van der Waals surface area contributed by atoms with Crippen LogP contribution in [-0.2, 0) is 0 Å². The van der Waals surface area contributed by atoms with E-state index < -0.39 is 0 Å². The molecule has 0 saturated heterocycles. The van der Waals surface area contributed by atoms with E-state index in [1.807, 2.05) is 0 Å². The molecule has 0 fully saturated rings. The average molecular weight is 306 g/mol. The monoisotopic (exact) mass is 305 g/mol. The van der Waals surface area contributed by atoms with Gasteiger partial charge in [0.25, 0.3) is 0 Å². The van der Waals surface area contributed by atoms with E-state index in [-0.39, 0.29) is 6.04 Å². The molecule has 0 aromatic carbocycles. The summed E-state index contributed by atoms with van der Waals surface area (Å²) in [6.45, 7) is 4.75. The molecule has 1 atom stereocenters. The minimum absolute atomic E-state index is 0.273. The fraction of sp³-hybridized carbons (Fsp3) is 0.636. The zero-order valence-corrected chi connectivity index (χ0v) is 12.5. The summed E-state index contributed by atoms with van der Waals surface area (Å²) < 4.78 is 1.18. The standard InChI is InChI=1S/C11H20BrN3S/c1-8-9(12)6-11(16-8)10(7-13)14-4-5-15(2)3/h6,10,14H,4-5,7,13H2,1-3H3. The van der Waals surface area contributed by atoms with Crippen LogP contribution in [0.3, 0.4) is 0 Å². The molecule has 0 aliphatic heterocycles. The van der Waals surface area contributed by atoms with Crippen molar-refractivity contribution in [3.63, 3.8) is 0 Å². The third-order valence-electron chi connectivity index (χ3n) is 2.41. The number of nitrogens with two attached hydrogens (primary N) is 1. The van der Waals surface area contributed by atoms with Gasteiger partial charge in [0.05, 0.1) is 6.04 Å². The molecule has 16 heavy (non-hydrogen) atoms. The van der Waals surface area contributed by atoms with Crippen LogP contribution in [-0.4, -0.2) is 38.6 Å². The maximum Gasteiger partial charge on any atom is 0.0540 e. The zero-order valence-electron chi connectivity index (χ0n) is 10.1. The Morgan fingerprint density at radius 1 is 1.56 bits per heavy atom. The molecule has 0 aliphatic rings. The van der Waals surface area contributed by atoms with Crippen molar-refractivity contribution in [3.8, 4) is 0 Å². The second kappa shape index (κ2) is 6.71. The summed E-state index contributed by atoms with van der Waals surface area (Å²) >= 11 is 5.34. The Hall–Kier alpha value is 0.0600. The largest absolute Gasteiger partial charge is 0.329 e. The Morgan fingerprint density at radius 2 is 2.25 bits per heavy atom. The summed E-state index contributed by atoms with van der Waals surface area (Å²) in [6, 6.07) is 2.44. The van der Waals surface area contributed by atoms with Crippen LogP contribution in [0.15, 0.2) is 10.5 Å². The highest BCUT2D eigenvalue weighted by Crippen LogP contribution is 2.30. The molecule has 5 heteroatoms. The van der Waals surface area contributed by atoms with E-state index in [0.29, 0.717) is 6.54 Å². The molecule has 0 bridgehead atoms. The summed E-state index contributed by atoms with van der Waals surface area (Å²) in [5, 5.41) is 3.48. The van der Waals surface area contributed by atoms with Crippen LogP contribution in [0.4, 0.5) is 0 Å². The third-order valence-corrected chi connectivity index (χ3v) is 4.66. The van der Waals surface area contributed by atoms with Gasteiger partial charge in [-0.3, -0.25) is 0 Å². The number of likely N-dealkylation sites (N-methyl/N-ethyl adjacent to an activating group) is 1. The van der Waals surface area contributed by atoms with E-state index in [1.54, 1.807) is 11.3 Å². The lowest BCUT2D eigenvalue weighted by Gasteiger charge is -2.17. The van der Waals surface area contributed by atoms with Gasteiger partial charge in [0.2, 0.25) is 0 Å². The Kier molecular flexibility index (Phi) is 5.92. The van der Waals surface area contributed by atoms with E-state index >= 15 is 0 Å². The summed E-state index contributed by atoms with van der Waals surface area (Å²) in [4.78, 5) is 4.78. The van der Waals surface area contributed by atoms with Gasteiger partial charge in [-0.1, -0.05) is 0 Å². The van der Waals surface area contributed by atoms with Crippen LogP contribution in [0.2, 0.25) is 0 Å². The third kappa shape index (κ3) is 4.14. The lowest BCUT2D eigenvalue weighted by molar-refractivity contribution is 0.386. The first-order chi connectivity index (χ1) is 7.54. The molecule has 1 rings (SSSR count). The molecule has 0 saturated carbocycles. The molecule has 0 spiro atoms. The highest BCUT2D eigenvalue weighted by atomic mass is 79.9. The van der Waals surface area contributed by atoms with Gasteiger partial charge in [0.15, 0.2) is 0 Å². The van der Waals surface area contributed by atoms with Crippen LogP contribution < -0.4 is 11.1 Å². The summed E-state index contributed by atoms with van der Waals surface area (Å²) in [5.41, 5.74) is 5.80. The summed E-state index contributed by atoms with van der Waals surface area (Å²) in [5.74, 6) is 0. The minimum atomic E-state index is 0.273. The second-order valence-corrected chi connectivity index (χ2v) is 6.24. The molecule has 92 valence electrons. The van der Waals surface area contributed by atoms with Crippen LogP contribution in [0, 0.1) is 6.92 Å². The maximum absolute atomic E-state index is 5.80. The van der Waals surface area contributed by atoms with Gasteiger partial charge in [0.1, 0.15) is 0 Å². The number of nitrogens with zero attached hydrogens (tertiary/aromatic N) is 1. The van der Waals surface area contributed by atoms with Crippen molar-refractivity contribution in [2.24, 2.45) is 5.73 Å². The van der Waals surface area contributed by atoms with Crippen LogP contribution in [0.5, 0.6) is 0 Å². The first-order valence-corrected chi connectivity index (χ1v) is 6.99. The van der Waals surface area contributed by atoms with Crippen LogP contribution in [0.1, 0.15) is 15.8 Å². The van der Waals surface area contributed by atoms with E-state index in [0.717, 1.165) is 13.1 Å². The van der Waals surface area contributed by atoms with Crippen molar-refractivity contribution in [2.75, 3.05) is 33.7 Å². The maximum atomic E-state index is 5.80. The topological polar surface area (TPSA) is 41.3 Å². The molecule has 1 unspecified atom stereocenters. The van der Waals surface area contributed by atoms with Crippen molar-refractivity contribution in [1.82, 2.24) is 10.2 Å². The summed E-state index contributed by atoms with van der Waals surface area (Å²) in [6.07, 6.45) is 0. The first kappa shape index (κ1) is 14.1. The number of nitrogens with one attached hydrogen (secondary N) is 1. The van der Waals surface area contributed by atoms with Gasteiger partial charge in [-0.15, -0.1) is 11.3 Å². The SMILES string of the molecule is Cc1sc(C(CN)NCCN(C)C)cc1Br. The smallest absolute Gasteiger partial charge is 0.0540 e. The van der Waals surface area contributed by atoms with Crippen molar-refractivity contribution in [1.29, 1.82) is 0 Å². The number of halogens is 1. The molecular formula is C11H20BrN3S. The molecule has 1 aromatic heterocycles. The lowest BCUT2D eigenvalue weighted by atomic mass is 10.2. The van der Waals surface area contributed by atoms with Crippen molar-refractivity contribution in [2.45, 2.75) is 13.0 Å². The number of thiophene rings is 1. The van der Waals surface area contributed by atoms with Crippen molar-refractivity contribution in [3.05, 3.63) is 20.3 Å². The first-order valence-electron chi connectivity index (χ1n) is 5.38. The highest BCUT2D eigenvalue weighted by molar-refractivity contribution is 9.10. The number of hydrogen-bond donors (Lipinski definition) is 2. The Morgan fingerprint density at radius 3 is 2.69 bits per heavy atom. The molecule has 3 N–H and O–H groups in total. The predicted octanol–water partition coefficient (Wildman–Crippen LogP) is 1.97. The van der Waals surface area contributed by atoms with E-state index in [9.17, 15) is 0 Å². The second-order valence-electron chi connectivity index (χ2n) is 4.10. The molecule has 1 aromatic rings. The fourth-order valence-corrected chi connectivity index (χ4v) is 3.07. The number of aryl methyl sites for hydroxylation is 1. The predicted molar refractivity (Wildman–Crippen MR) is 75.1 cm³/mol. The van der Waals surface area contributed by atoms with Gasteiger partial charge in [0, 0.05) is 33.9 Å². The number of hydrogen-bond acceptors (Lipinski definition) is 4. The van der Waals surface area contributed by atoms with E-state index in [1.165, 1.54) is 14.2 Å². The van der Waals surface area contributed by atoms with Crippen LogP contribution >= 0.6 is 27.3 Å². The molecular weight excluding hydrogens is 286 g/mol. The Balaban J connectivity index is 2.53. The van der Waals surface area contributed by atoms with Gasteiger partial charge in [-0.25, -0.2) is 0 Å². The zero-order chi connectivity index (χ0) is 12.1. The van der Waals surface area contributed by atoms with Crippen molar-refractivity contribution >= 4 is 27.3 Å². The number of rotatable bonds is 6. The average Bonchev–Trinajstić information content (AvgIpc) is 2.53. The molecule has 3 nitrogen and oxygen atoms in total. The fourth-order valence-electron chi connectivity index (χ4n) is 1.42. The van der Waals surface area contributed by atoms with Gasteiger partial charge < -0.3 is 16.0 Å². The van der Waals surface area contributed by atoms with E-state index in [4.69, 9.17) is 5.73 Å². The summed E-state index contributed by atoms with van der Waals surface area (Å²) in [7, 11) is 4.15. The molecule has 0 radical (unpaired) electrons. The normalized spacial score (nSPS) is 13.4. The van der Waals surface area contributed by atoms with Gasteiger partial charge in [-0.2, -0.15) is 0 Å². The molecule has 0 amide bonds. The lowest BCUT2D eigenvalue weighted by Crippen LogP contribution is -2.33. The minimum Gasteiger partial charge on any atom is -0.329 e. The van der Waals surface area contributed by atoms with Gasteiger partial charge in [-0.05, 0) is 43.0 Å². The molecule has 0 aliphatic carbocycles. The van der Waals surface area contributed by atoms with Gasteiger partial charge >= 0.3 is 0 Å². The molecule has 1 heterocycles.